The van der Waals surface area contributed by atoms with Crippen molar-refractivity contribution in [1.82, 2.24) is 14.9 Å². The van der Waals surface area contributed by atoms with E-state index < -0.39 is 23.7 Å². The van der Waals surface area contributed by atoms with Gasteiger partial charge in [-0.25, -0.2) is 4.79 Å². The van der Waals surface area contributed by atoms with Crippen LogP contribution in [0.1, 0.15) is 33.1 Å². The molecule has 1 atom stereocenters. The maximum atomic E-state index is 13.2. The second-order valence-electron chi connectivity index (χ2n) is 8.45. The smallest absolute Gasteiger partial charge is 0.337 e. The van der Waals surface area contributed by atoms with E-state index in [9.17, 15) is 19.5 Å². The van der Waals surface area contributed by atoms with Gasteiger partial charge in [-0.15, -0.1) is 0 Å². The molecule has 2 N–H and O–H groups in total. The molecule has 2 aromatic heterocycles. The number of pyridine rings is 1. The lowest BCUT2D eigenvalue weighted by Gasteiger charge is -2.25. The van der Waals surface area contributed by atoms with Crippen LogP contribution in [0.4, 0.5) is 0 Å². The molecule has 8 heteroatoms. The molecule has 4 aromatic rings. The summed E-state index contributed by atoms with van der Waals surface area (Å²) in [6, 6.07) is 16.7. The second-order valence-corrected chi connectivity index (χ2v) is 8.45. The predicted molar refractivity (Wildman–Crippen MR) is 133 cm³/mol. The third-order valence-electron chi connectivity index (χ3n) is 6.44. The number of aliphatic hydroxyl groups excluding tert-OH is 1. The fourth-order valence-electron chi connectivity index (χ4n) is 4.62. The number of aromatic nitrogens is 2. The lowest BCUT2D eigenvalue weighted by atomic mass is 9.94. The van der Waals surface area contributed by atoms with Crippen molar-refractivity contribution in [3.63, 3.8) is 0 Å². The Hall–Kier alpha value is -4.72. The average Bonchev–Trinajstić information content (AvgIpc) is 3.45. The van der Waals surface area contributed by atoms with Crippen molar-refractivity contribution in [3.05, 3.63) is 107 Å². The van der Waals surface area contributed by atoms with Crippen LogP contribution >= 0.6 is 0 Å². The first-order valence-electron chi connectivity index (χ1n) is 11.4. The minimum absolute atomic E-state index is 0.00375. The molecule has 2 aromatic carbocycles. The van der Waals surface area contributed by atoms with Crippen LogP contribution in [0, 0.1) is 0 Å². The Kier molecular flexibility index (Phi) is 6.08. The van der Waals surface area contributed by atoms with Crippen LogP contribution < -0.4 is 0 Å². The average molecular weight is 482 g/mol. The van der Waals surface area contributed by atoms with Gasteiger partial charge in [-0.3, -0.25) is 14.6 Å². The fourth-order valence-corrected chi connectivity index (χ4v) is 4.62. The van der Waals surface area contributed by atoms with Crippen molar-refractivity contribution in [2.24, 2.45) is 0 Å². The molecule has 1 unspecified atom stereocenters. The van der Waals surface area contributed by atoms with Crippen molar-refractivity contribution in [3.8, 4) is 0 Å². The van der Waals surface area contributed by atoms with Gasteiger partial charge in [-0.05, 0) is 47.9 Å². The number of carbonyl (C=O) groups is 3. The van der Waals surface area contributed by atoms with E-state index in [1.54, 1.807) is 36.4 Å². The van der Waals surface area contributed by atoms with Gasteiger partial charge in [0.1, 0.15) is 5.76 Å². The molecule has 0 saturated carbocycles. The Morgan fingerprint density at radius 2 is 1.75 bits per heavy atom. The predicted octanol–water partition coefficient (Wildman–Crippen LogP) is 4.01. The van der Waals surface area contributed by atoms with E-state index >= 15 is 0 Å². The molecule has 5 rings (SSSR count). The van der Waals surface area contributed by atoms with E-state index in [-0.39, 0.29) is 17.9 Å². The Bertz CT molecular complexity index is 1490. The van der Waals surface area contributed by atoms with Crippen LogP contribution in [0.15, 0.2) is 84.8 Å². The zero-order valence-corrected chi connectivity index (χ0v) is 19.5. The van der Waals surface area contributed by atoms with E-state index in [0.29, 0.717) is 23.1 Å². The van der Waals surface area contributed by atoms with E-state index in [4.69, 9.17) is 4.74 Å². The van der Waals surface area contributed by atoms with Gasteiger partial charge in [0, 0.05) is 41.6 Å². The summed E-state index contributed by atoms with van der Waals surface area (Å²) in [4.78, 5) is 47.0. The van der Waals surface area contributed by atoms with Crippen LogP contribution in [-0.2, 0) is 20.7 Å². The van der Waals surface area contributed by atoms with Gasteiger partial charge < -0.3 is 19.7 Å². The summed E-state index contributed by atoms with van der Waals surface area (Å²) in [7, 11) is 1.30. The number of nitrogens with one attached hydrogen (secondary N) is 1. The number of Topliss-reactive ketones (excluding diaryl/α,β-unsaturated/α-hetero) is 1. The molecular formula is C28H23N3O5. The zero-order chi connectivity index (χ0) is 25.2. The van der Waals surface area contributed by atoms with Crippen molar-refractivity contribution < 1.29 is 24.2 Å². The Balaban J connectivity index is 1.56. The summed E-state index contributed by atoms with van der Waals surface area (Å²) < 4.78 is 4.77. The number of amides is 1. The summed E-state index contributed by atoms with van der Waals surface area (Å²) in [5, 5.41) is 12.2. The lowest BCUT2D eigenvalue weighted by Crippen LogP contribution is -2.31. The summed E-state index contributed by atoms with van der Waals surface area (Å²) in [5.41, 5.74) is 3.32. The second kappa shape index (κ2) is 9.50. The van der Waals surface area contributed by atoms with Crippen LogP contribution in [0.25, 0.3) is 16.7 Å². The van der Waals surface area contributed by atoms with Crippen molar-refractivity contribution in [1.29, 1.82) is 0 Å². The number of rotatable bonds is 6. The standard InChI is InChI=1S/C28H23N3O5/c1-36-28(35)19-8-6-17(7-9-19)24-23(25(32)18-10-13-29-14-11-18)26(33)27(34)31(24)15-12-20-16-30-22-5-3-2-4-21(20)22/h2-11,13-14,16,24,30,32H,12,15H2,1H3/b25-23+. The number of esters is 1. The van der Waals surface area contributed by atoms with Crippen LogP contribution in [0.2, 0.25) is 0 Å². The number of fused-ring (bicyclic) bond motifs is 1. The van der Waals surface area contributed by atoms with Gasteiger partial charge in [-0.2, -0.15) is 0 Å². The third kappa shape index (κ3) is 4.02. The zero-order valence-electron chi connectivity index (χ0n) is 19.5. The molecule has 0 bridgehead atoms. The first kappa shape index (κ1) is 23.0. The van der Waals surface area contributed by atoms with Gasteiger partial charge in [0.25, 0.3) is 11.7 Å². The number of hydrogen-bond donors (Lipinski definition) is 2. The molecule has 0 spiro atoms. The largest absolute Gasteiger partial charge is 0.507 e. The highest BCUT2D eigenvalue weighted by molar-refractivity contribution is 6.46. The molecule has 1 fully saturated rings. The number of hydrogen-bond acceptors (Lipinski definition) is 6. The number of aromatic amines is 1. The van der Waals surface area contributed by atoms with Gasteiger partial charge in [-0.1, -0.05) is 30.3 Å². The molecule has 1 aliphatic rings. The first-order chi connectivity index (χ1) is 17.5. The summed E-state index contributed by atoms with van der Waals surface area (Å²) in [6.07, 6.45) is 5.41. The van der Waals surface area contributed by atoms with Crippen molar-refractivity contribution in [2.45, 2.75) is 12.5 Å². The summed E-state index contributed by atoms with van der Waals surface area (Å²) in [5.74, 6) is -2.21. The van der Waals surface area contributed by atoms with Gasteiger partial charge in [0.05, 0.1) is 24.3 Å². The molecule has 36 heavy (non-hydrogen) atoms. The number of ketones is 1. The molecule has 1 aliphatic heterocycles. The number of benzene rings is 2. The minimum atomic E-state index is -0.824. The van der Waals surface area contributed by atoms with Crippen LogP contribution in [0.5, 0.6) is 0 Å². The number of nitrogens with zero attached hydrogens (tertiary/aromatic N) is 2. The minimum Gasteiger partial charge on any atom is -0.507 e. The normalized spacial score (nSPS) is 17.0. The fraction of sp³-hybridized carbons (Fsp3) is 0.143. The molecule has 8 nitrogen and oxygen atoms in total. The lowest BCUT2D eigenvalue weighted by molar-refractivity contribution is -0.139. The number of methoxy groups -OCH3 is 1. The first-order valence-corrected chi connectivity index (χ1v) is 11.4. The number of H-pyrrole nitrogens is 1. The van der Waals surface area contributed by atoms with E-state index in [2.05, 4.69) is 9.97 Å². The van der Waals surface area contributed by atoms with Crippen molar-refractivity contribution >= 4 is 34.3 Å². The number of aliphatic hydroxyl groups is 1. The van der Waals surface area contributed by atoms with E-state index in [0.717, 1.165) is 16.5 Å². The Labute approximate surface area is 206 Å². The number of carbonyl (C=O) groups excluding carboxylic acids is 3. The maximum absolute atomic E-state index is 13.2. The van der Waals surface area contributed by atoms with Crippen LogP contribution in [0.3, 0.4) is 0 Å². The SMILES string of the molecule is COC(=O)c1ccc(C2/C(=C(\O)c3ccncc3)C(=O)C(=O)N2CCc2c[nH]c3ccccc23)cc1. The highest BCUT2D eigenvalue weighted by Gasteiger charge is 2.45. The van der Waals surface area contributed by atoms with Gasteiger partial charge in [0.15, 0.2) is 0 Å². The molecule has 1 saturated heterocycles. The topological polar surface area (TPSA) is 113 Å². The highest BCUT2D eigenvalue weighted by Crippen LogP contribution is 2.39. The quantitative estimate of drug-likeness (QED) is 0.186. The molecule has 0 radical (unpaired) electrons. The summed E-state index contributed by atoms with van der Waals surface area (Å²) in [6.45, 7) is 0.253. The number of likely N-dealkylation sites (tertiary alicyclic amines) is 1. The molecule has 180 valence electrons. The molecule has 1 amide bonds. The maximum Gasteiger partial charge on any atom is 0.337 e. The van der Waals surface area contributed by atoms with E-state index in [1.165, 1.54) is 24.4 Å². The monoisotopic (exact) mass is 481 g/mol. The molecular weight excluding hydrogens is 458 g/mol. The van der Waals surface area contributed by atoms with Gasteiger partial charge >= 0.3 is 5.97 Å². The summed E-state index contributed by atoms with van der Waals surface area (Å²) >= 11 is 0. The number of para-hydroxylation sites is 1. The van der Waals surface area contributed by atoms with Crippen LogP contribution in [-0.4, -0.2) is 51.3 Å². The van der Waals surface area contributed by atoms with Gasteiger partial charge in [0.2, 0.25) is 0 Å². The molecule has 0 aliphatic carbocycles. The Morgan fingerprint density at radius 3 is 2.47 bits per heavy atom. The molecule has 3 heterocycles. The van der Waals surface area contributed by atoms with Crippen molar-refractivity contribution in [2.75, 3.05) is 13.7 Å². The Morgan fingerprint density at radius 1 is 1.03 bits per heavy atom. The highest BCUT2D eigenvalue weighted by atomic mass is 16.5. The number of ether oxygens (including phenoxy) is 1. The van der Waals surface area contributed by atoms with E-state index in [1.807, 2.05) is 30.5 Å². The third-order valence-corrected chi connectivity index (χ3v) is 6.44.